The molecule has 0 bridgehead atoms. The van der Waals surface area contributed by atoms with Crippen LogP contribution in [0.25, 0.3) is 0 Å². The van der Waals surface area contributed by atoms with Gasteiger partial charge in [0.2, 0.25) is 6.23 Å². The molecular formula is C23H20N2O2. The van der Waals surface area contributed by atoms with Crippen LogP contribution >= 0.6 is 0 Å². The Morgan fingerprint density at radius 3 is 2.44 bits per heavy atom. The Morgan fingerprint density at radius 2 is 1.63 bits per heavy atom. The number of hydrazone groups is 1. The molecule has 2 atom stereocenters. The Labute approximate surface area is 158 Å². The second kappa shape index (κ2) is 6.16. The summed E-state index contributed by atoms with van der Waals surface area (Å²) in [6.45, 7) is 2.10. The number of fused-ring (bicyclic) bond motifs is 3. The summed E-state index contributed by atoms with van der Waals surface area (Å²) in [5.41, 5.74) is 5.09. The van der Waals surface area contributed by atoms with Crippen molar-refractivity contribution in [1.82, 2.24) is 5.01 Å². The normalized spacial score (nSPS) is 20.5. The van der Waals surface area contributed by atoms with Crippen LogP contribution in [-0.4, -0.2) is 15.8 Å². The van der Waals surface area contributed by atoms with E-state index in [1.165, 1.54) is 5.56 Å². The first-order valence-corrected chi connectivity index (χ1v) is 9.17. The second-order valence-corrected chi connectivity index (χ2v) is 7.03. The van der Waals surface area contributed by atoms with Gasteiger partial charge in [-0.05, 0) is 30.7 Å². The third kappa shape index (κ3) is 2.56. The smallest absolute Gasteiger partial charge is 0.214 e. The minimum Gasteiger partial charge on any atom is -0.507 e. The number of rotatable bonds is 2. The largest absolute Gasteiger partial charge is 0.507 e. The summed E-state index contributed by atoms with van der Waals surface area (Å²) < 4.78 is 6.38. The van der Waals surface area contributed by atoms with Gasteiger partial charge in [-0.2, -0.15) is 5.10 Å². The van der Waals surface area contributed by atoms with E-state index in [1.807, 2.05) is 53.5 Å². The topological polar surface area (TPSA) is 45.1 Å². The number of ether oxygens (including phenoxy) is 1. The molecule has 0 fully saturated rings. The van der Waals surface area contributed by atoms with E-state index in [4.69, 9.17) is 9.84 Å². The number of phenolic OH excluding ortho intramolecular Hbond substituents is 1. The zero-order valence-electron chi connectivity index (χ0n) is 15.0. The van der Waals surface area contributed by atoms with Crippen LogP contribution in [0.1, 0.15) is 40.9 Å². The van der Waals surface area contributed by atoms with E-state index >= 15 is 0 Å². The molecule has 3 aromatic rings. The summed E-state index contributed by atoms with van der Waals surface area (Å²) in [5, 5.41) is 17.2. The summed E-state index contributed by atoms with van der Waals surface area (Å²) in [7, 11) is 0. The molecule has 1 N–H and O–H groups in total. The van der Waals surface area contributed by atoms with Crippen molar-refractivity contribution in [2.45, 2.75) is 25.6 Å². The highest BCUT2D eigenvalue weighted by atomic mass is 16.5. The van der Waals surface area contributed by atoms with Crippen LogP contribution in [0.2, 0.25) is 0 Å². The maximum atomic E-state index is 10.3. The lowest BCUT2D eigenvalue weighted by molar-refractivity contribution is -0.0194. The number of para-hydroxylation sites is 2. The molecule has 4 heteroatoms. The van der Waals surface area contributed by atoms with Gasteiger partial charge in [0.15, 0.2) is 0 Å². The van der Waals surface area contributed by atoms with Crippen molar-refractivity contribution in [2.75, 3.05) is 0 Å². The average molecular weight is 356 g/mol. The highest BCUT2D eigenvalue weighted by Gasteiger charge is 2.41. The van der Waals surface area contributed by atoms with Crippen molar-refractivity contribution in [1.29, 1.82) is 0 Å². The molecular weight excluding hydrogens is 336 g/mol. The fraction of sp³-hybridized carbons (Fsp3) is 0.174. The van der Waals surface area contributed by atoms with E-state index in [9.17, 15) is 5.11 Å². The van der Waals surface area contributed by atoms with Crippen LogP contribution in [0.5, 0.6) is 11.5 Å². The Hall–Kier alpha value is -3.27. The van der Waals surface area contributed by atoms with Gasteiger partial charge in [-0.3, -0.25) is 0 Å². The first-order chi connectivity index (χ1) is 13.2. The van der Waals surface area contributed by atoms with Crippen molar-refractivity contribution in [3.63, 3.8) is 0 Å². The van der Waals surface area contributed by atoms with E-state index in [2.05, 4.69) is 25.1 Å². The van der Waals surface area contributed by atoms with Gasteiger partial charge in [0.25, 0.3) is 0 Å². The number of aryl methyl sites for hydroxylation is 1. The van der Waals surface area contributed by atoms with Crippen LogP contribution in [-0.2, 0) is 0 Å². The van der Waals surface area contributed by atoms with Crippen LogP contribution in [0.15, 0.2) is 77.9 Å². The van der Waals surface area contributed by atoms with Crippen molar-refractivity contribution in [3.05, 3.63) is 95.1 Å². The van der Waals surface area contributed by atoms with Crippen molar-refractivity contribution >= 4 is 5.71 Å². The number of benzene rings is 3. The van der Waals surface area contributed by atoms with Gasteiger partial charge in [0, 0.05) is 23.1 Å². The molecule has 0 spiro atoms. The number of hydrogen-bond donors (Lipinski definition) is 1. The van der Waals surface area contributed by atoms with Crippen LogP contribution in [0, 0.1) is 6.92 Å². The van der Waals surface area contributed by atoms with Gasteiger partial charge in [-0.1, -0.05) is 54.6 Å². The molecule has 4 nitrogen and oxygen atoms in total. The highest BCUT2D eigenvalue weighted by Crippen LogP contribution is 2.48. The van der Waals surface area contributed by atoms with E-state index < -0.39 is 0 Å². The van der Waals surface area contributed by atoms with E-state index in [0.717, 1.165) is 34.6 Å². The molecule has 2 heterocycles. The molecule has 0 radical (unpaired) electrons. The molecule has 3 aromatic carbocycles. The molecule has 0 saturated heterocycles. The predicted octanol–water partition coefficient (Wildman–Crippen LogP) is 4.94. The monoisotopic (exact) mass is 356 g/mol. The molecule has 134 valence electrons. The second-order valence-electron chi connectivity index (χ2n) is 7.03. The SMILES string of the molecule is Cc1ccccc1[C@H]1Oc2ccccc2[C@@H]2CC(c3ccccc3O)=NN12. The average Bonchev–Trinajstić information content (AvgIpc) is 3.14. The quantitative estimate of drug-likeness (QED) is 0.707. The number of aromatic hydroxyl groups is 1. The summed E-state index contributed by atoms with van der Waals surface area (Å²) in [6, 6.07) is 23.9. The predicted molar refractivity (Wildman–Crippen MR) is 105 cm³/mol. The number of nitrogens with zero attached hydrogens (tertiary/aromatic N) is 2. The fourth-order valence-corrected chi connectivity index (χ4v) is 3.98. The summed E-state index contributed by atoms with van der Waals surface area (Å²) in [6.07, 6.45) is 0.454. The van der Waals surface area contributed by atoms with Crippen LogP contribution < -0.4 is 4.74 Å². The molecule has 0 unspecified atom stereocenters. The van der Waals surface area contributed by atoms with Crippen molar-refractivity contribution in [2.24, 2.45) is 5.10 Å². The first-order valence-electron chi connectivity index (χ1n) is 9.17. The molecule has 27 heavy (non-hydrogen) atoms. The summed E-state index contributed by atoms with van der Waals surface area (Å²) in [5.74, 6) is 1.17. The minimum absolute atomic E-state index is 0.0918. The maximum absolute atomic E-state index is 10.3. The summed E-state index contributed by atoms with van der Waals surface area (Å²) in [4.78, 5) is 0. The Bertz CT molecular complexity index is 1040. The minimum atomic E-state index is -0.283. The Morgan fingerprint density at radius 1 is 0.926 bits per heavy atom. The Balaban J connectivity index is 1.64. The van der Waals surface area contributed by atoms with Gasteiger partial charge in [0.05, 0.1) is 11.8 Å². The summed E-state index contributed by atoms with van der Waals surface area (Å²) >= 11 is 0. The van der Waals surface area contributed by atoms with Gasteiger partial charge in [-0.15, -0.1) is 0 Å². The van der Waals surface area contributed by atoms with E-state index in [-0.39, 0.29) is 18.0 Å². The fourth-order valence-electron chi connectivity index (χ4n) is 3.98. The maximum Gasteiger partial charge on any atom is 0.214 e. The molecule has 0 saturated carbocycles. The first kappa shape index (κ1) is 15.9. The molecule has 0 aromatic heterocycles. The van der Waals surface area contributed by atoms with Crippen molar-refractivity contribution < 1.29 is 9.84 Å². The lowest BCUT2D eigenvalue weighted by atomic mass is 9.95. The van der Waals surface area contributed by atoms with Crippen LogP contribution in [0.4, 0.5) is 0 Å². The molecule has 5 rings (SSSR count). The van der Waals surface area contributed by atoms with Gasteiger partial charge >= 0.3 is 0 Å². The zero-order valence-corrected chi connectivity index (χ0v) is 15.0. The highest BCUT2D eigenvalue weighted by molar-refractivity contribution is 6.04. The number of phenols is 1. The molecule has 2 aliphatic rings. The third-order valence-electron chi connectivity index (χ3n) is 5.37. The van der Waals surface area contributed by atoms with Crippen LogP contribution in [0.3, 0.4) is 0 Å². The Kier molecular flexibility index (Phi) is 3.64. The lowest BCUT2D eigenvalue weighted by Gasteiger charge is -2.38. The van der Waals surface area contributed by atoms with Gasteiger partial charge < -0.3 is 9.84 Å². The lowest BCUT2D eigenvalue weighted by Crippen LogP contribution is -2.34. The molecule has 0 amide bonds. The van der Waals surface area contributed by atoms with E-state index in [0.29, 0.717) is 0 Å². The van der Waals surface area contributed by atoms with Gasteiger partial charge in [-0.25, -0.2) is 5.01 Å². The molecule has 0 aliphatic carbocycles. The van der Waals surface area contributed by atoms with Gasteiger partial charge in [0.1, 0.15) is 11.5 Å². The third-order valence-corrected chi connectivity index (χ3v) is 5.37. The number of hydrogen-bond acceptors (Lipinski definition) is 4. The van der Waals surface area contributed by atoms with Crippen molar-refractivity contribution in [3.8, 4) is 11.5 Å². The van der Waals surface area contributed by atoms with E-state index in [1.54, 1.807) is 6.07 Å². The molecule has 2 aliphatic heterocycles. The standard InChI is InChI=1S/C23H20N2O2/c1-15-8-2-3-9-16(15)23-25-20(18-11-5-7-13-22(18)27-23)14-19(24-25)17-10-4-6-12-21(17)26/h2-13,20,23,26H,14H2,1H3/t20-,23+/m0/s1. The zero-order chi connectivity index (χ0) is 18.4.